The highest BCUT2D eigenvalue weighted by Gasteiger charge is 2.60. The van der Waals surface area contributed by atoms with Gasteiger partial charge in [0.15, 0.2) is 12.5 Å². The van der Waals surface area contributed by atoms with Gasteiger partial charge in [-0.3, -0.25) is 9.63 Å². The summed E-state index contributed by atoms with van der Waals surface area (Å²) in [4.78, 5) is 29.2. The van der Waals surface area contributed by atoms with Gasteiger partial charge < -0.3 is 80.4 Å². The van der Waals surface area contributed by atoms with Crippen LogP contribution in [0.15, 0.2) is 0 Å². The highest BCUT2D eigenvalue weighted by molar-refractivity contribution is 5.76. The van der Waals surface area contributed by atoms with Crippen molar-refractivity contribution in [3.8, 4) is 0 Å². The molecule has 0 radical (unpaired) electrons. The minimum absolute atomic E-state index is 0.737. The molecule has 0 aromatic heterocycles. The van der Waals surface area contributed by atoms with Crippen molar-refractivity contribution in [2.75, 3.05) is 19.8 Å². The van der Waals surface area contributed by atoms with Crippen LogP contribution in [0, 0.1) is 0 Å². The van der Waals surface area contributed by atoms with Crippen LogP contribution in [0.2, 0.25) is 0 Å². The molecule has 8 unspecified atom stereocenters. The SMILES string of the molecule is CC(=O)N[C@@H]1C(O)C[C@](OC2[C@H](O)C(O[C@@H]3C(CO)ONC(O)C3O)OC(CO)[C@@H]2O)(C(=O)O)OC1[C@H](O)[C@H](O)CO. The van der Waals surface area contributed by atoms with Crippen molar-refractivity contribution < 1.29 is 89.5 Å². The van der Waals surface area contributed by atoms with E-state index in [4.69, 9.17) is 23.8 Å². The lowest BCUT2D eigenvalue weighted by Gasteiger charge is -2.50. The van der Waals surface area contributed by atoms with Gasteiger partial charge in [-0.15, -0.1) is 0 Å². The molecule has 244 valence electrons. The molecule has 1 amide bonds. The summed E-state index contributed by atoms with van der Waals surface area (Å²) in [7, 11) is 0. The summed E-state index contributed by atoms with van der Waals surface area (Å²) in [5.74, 6) is -5.68. The molecule has 0 bridgehead atoms. The second-order valence-electron chi connectivity index (χ2n) is 10.2. The van der Waals surface area contributed by atoms with E-state index in [0.717, 1.165) is 6.92 Å². The lowest BCUT2D eigenvalue weighted by atomic mass is 9.88. The van der Waals surface area contributed by atoms with Gasteiger partial charge in [-0.1, -0.05) is 0 Å². The summed E-state index contributed by atoms with van der Waals surface area (Å²) >= 11 is 0. The van der Waals surface area contributed by atoms with Crippen LogP contribution in [0.4, 0.5) is 0 Å². The van der Waals surface area contributed by atoms with E-state index < -0.39 is 130 Å². The topological polar surface area (TPSA) is 327 Å². The molecule has 15 atom stereocenters. The number of rotatable bonds is 11. The van der Waals surface area contributed by atoms with Crippen LogP contribution in [0.1, 0.15) is 13.3 Å². The smallest absolute Gasteiger partial charge is 0.364 e. The minimum atomic E-state index is -3.00. The number of hydrogen-bond acceptors (Lipinski definition) is 18. The van der Waals surface area contributed by atoms with Crippen LogP contribution < -0.4 is 10.8 Å². The minimum Gasteiger partial charge on any atom is -0.477 e. The maximum atomic E-state index is 12.5. The van der Waals surface area contributed by atoms with E-state index in [0.29, 0.717) is 0 Å². The first-order valence-electron chi connectivity index (χ1n) is 12.9. The van der Waals surface area contributed by atoms with Gasteiger partial charge in [0.2, 0.25) is 5.91 Å². The predicted octanol–water partition coefficient (Wildman–Crippen LogP) is -8.08. The summed E-state index contributed by atoms with van der Waals surface area (Å²) in [5.41, 5.74) is 2.04. The fourth-order valence-corrected chi connectivity index (χ4v) is 4.93. The zero-order chi connectivity index (χ0) is 31.5. The van der Waals surface area contributed by atoms with Crippen molar-refractivity contribution >= 4 is 11.9 Å². The molecule has 20 heteroatoms. The molecule has 3 saturated heterocycles. The lowest BCUT2D eigenvalue weighted by Crippen LogP contribution is -2.70. The third-order valence-corrected chi connectivity index (χ3v) is 7.17. The number of hydrogen-bond donors (Lipinski definition) is 13. The molecule has 0 aromatic carbocycles. The zero-order valence-corrected chi connectivity index (χ0v) is 22.2. The molecule has 3 aliphatic heterocycles. The Kier molecular flexibility index (Phi) is 11.9. The van der Waals surface area contributed by atoms with Crippen LogP contribution in [0.3, 0.4) is 0 Å². The largest absolute Gasteiger partial charge is 0.477 e. The van der Waals surface area contributed by atoms with Gasteiger partial charge in [-0.05, 0) is 0 Å². The molecule has 42 heavy (non-hydrogen) atoms. The van der Waals surface area contributed by atoms with Crippen LogP contribution in [0.25, 0.3) is 0 Å². The second-order valence-corrected chi connectivity index (χ2v) is 10.2. The number of carbonyl (C=O) groups excluding carboxylic acids is 1. The van der Waals surface area contributed by atoms with E-state index in [2.05, 4.69) is 5.32 Å². The molecule has 20 nitrogen and oxygen atoms in total. The second kappa shape index (κ2) is 14.4. The van der Waals surface area contributed by atoms with Crippen molar-refractivity contribution in [1.29, 1.82) is 0 Å². The van der Waals surface area contributed by atoms with Crippen molar-refractivity contribution in [3.63, 3.8) is 0 Å². The standard InChI is InChI=1S/C22H38N2O18/c1-6(28)23-11-7(29)2-22(21(36)37,40-17(11)12(31)8(30)3-25)41-18-13(32)9(4-26)38-20(15(18)34)39-16-10(5-27)42-24-19(35)14(16)33/h7-20,24-27,29-35H,2-5H2,1H3,(H,23,28)(H,36,37)/t7?,8-,9?,10?,11-,12-,13+,14?,15+,16-,17?,18?,19?,20?,22+/m1/s1. The number of aliphatic carboxylic acids is 1. The molecular formula is C22H38N2O18. The number of carboxylic acids is 1. The zero-order valence-electron chi connectivity index (χ0n) is 22.2. The summed E-state index contributed by atoms with van der Waals surface area (Å²) in [6.45, 7) is -1.69. The number of carboxylic acid groups (broad SMARTS) is 1. The van der Waals surface area contributed by atoms with Gasteiger partial charge in [-0.2, -0.15) is 5.48 Å². The number of nitrogens with one attached hydrogen (secondary N) is 2. The van der Waals surface area contributed by atoms with Crippen LogP contribution in [0.5, 0.6) is 0 Å². The summed E-state index contributed by atoms with van der Waals surface area (Å²) in [5, 5.41) is 114. The Morgan fingerprint density at radius 1 is 1.00 bits per heavy atom. The normalized spacial score (nSPS) is 44.3. The predicted molar refractivity (Wildman–Crippen MR) is 127 cm³/mol. The first-order chi connectivity index (χ1) is 19.7. The van der Waals surface area contributed by atoms with Crippen LogP contribution in [-0.4, -0.2) is 179 Å². The van der Waals surface area contributed by atoms with E-state index in [1.807, 2.05) is 5.48 Å². The average molecular weight is 619 g/mol. The van der Waals surface area contributed by atoms with E-state index in [1.54, 1.807) is 0 Å². The number of hydroxylamine groups is 1. The molecule has 0 aliphatic carbocycles. The Balaban J connectivity index is 1.94. The Morgan fingerprint density at radius 3 is 2.19 bits per heavy atom. The molecular weight excluding hydrogens is 580 g/mol. The molecule has 3 aliphatic rings. The van der Waals surface area contributed by atoms with Crippen molar-refractivity contribution in [2.45, 2.75) is 105 Å². The molecule has 0 aromatic rings. The summed E-state index contributed by atoms with van der Waals surface area (Å²) in [6, 6.07) is -1.52. The van der Waals surface area contributed by atoms with Gasteiger partial charge in [0.05, 0.1) is 32.0 Å². The van der Waals surface area contributed by atoms with Crippen molar-refractivity contribution in [3.05, 3.63) is 0 Å². The highest BCUT2D eigenvalue weighted by Crippen LogP contribution is 2.38. The van der Waals surface area contributed by atoms with E-state index in [1.165, 1.54) is 0 Å². The van der Waals surface area contributed by atoms with Gasteiger partial charge in [0.25, 0.3) is 5.79 Å². The highest BCUT2D eigenvalue weighted by atomic mass is 16.8. The van der Waals surface area contributed by atoms with Crippen LogP contribution >= 0.6 is 0 Å². The summed E-state index contributed by atoms with van der Waals surface area (Å²) in [6.07, 6.45) is -24.9. The Morgan fingerprint density at radius 2 is 1.64 bits per heavy atom. The fourth-order valence-electron chi connectivity index (χ4n) is 4.93. The van der Waals surface area contributed by atoms with Crippen LogP contribution in [-0.2, 0) is 33.4 Å². The Bertz CT molecular complexity index is 915. The first-order valence-corrected chi connectivity index (χ1v) is 12.9. The molecule has 3 fully saturated rings. The third kappa shape index (κ3) is 7.15. The van der Waals surface area contributed by atoms with Gasteiger partial charge >= 0.3 is 5.97 Å². The molecule has 13 N–H and O–H groups in total. The Hall–Kier alpha value is -1.70. The third-order valence-electron chi connectivity index (χ3n) is 7.17. The van der Waals surface area contributed by atoms with Gasteiger partial charge in [-0.25, -0.2) is 4.79 Å². The number of aliphatic hydroxyl groups is 10. The quantitative estimate of drug-likeness (QED) is 0.102. The fraction of sp³-hybridized carbons (Fsp3) is 0.909. The maximum absolute atomic E-state index is 12.5. The first kappa shape index (κ1) is 34.8. The van der Waals surface area contributed by atoms with E-state index in [9.17, 15) is 65.8 Å². The lowest BCUT2D eigenvalue weighted by molar-refractivity contribution is -0.382. The number of carbonyl (C=O) groups is 2. The van der Waals surface area contributed by atoms with Gasteiger partial charge in [0, 0.05) is 13.3 Å². The van der Waals surface area contributed by atoms with E-state index in [-0.39, 0.29) is 0 Å². The molecule has 3 heterocycles. The molecule has 3 rings (SSSR count). The number of ether oxygens (including phenoxy) is 4. The van der Waals surface area contributed by atoms with Crippen molar-refractivity contribution in [1.82, 2.24) is 10.8 Å². The summed E-state index contributed by atoms with van der Waals surface area (Å²) < 4.78 is 21.9. The van der Waals surface area contributed by atoms with Crippen molar-refractivity contribution in [2.24, 2.45) is 0 Å². The molecule has 0 spiro atoms. The Labute approximate surface area is 237 Å². The van der Waals surface area contributed by atoms with Gasteiger partial charge in [0.1, 0.15) is 61.0 Å². The monoisotopic (exact) mass is 618 g/mol. The molecule has 0 saturated carbocycles. The maximum Gasteiger partial charge on any atom is 0.364 e. The number of amides is 1. The average Bonchev–Trinajstić information content (AvgIpc) is 2.95. The van der Waals surface area contributed by atoms with E-state index >= 15 is 0 Å². The number of aliphatic hydroxyl groups excluding tert-OH is 10.